The van der Waals surface area contributed by atoms with E-state index in [4.69, 9.17) is 15.6 Å². The molecule has 7 nitrogen and oxygen atoms in total. The second-order valence-corrected chi connectivity index (χ2v) is 4.49. The molecule has 1 fully saturated rings. The van der Waals surface area contributed by atoms with Crippen molar-refractivity contribution in [3.8, 4) is 0 Å². The predicted octanol–water partition coefficient (Wildman–Crippen LogP) is -0.0517. The monoisotopic (exact) mass is 325 g/mol. The Hall–Kier alpha value is -1.98. The zero-order valence-electron chi connectivity index (χ0n) is 10.8. The van der Waals surface area contributed by atoms with E-state index in [0.29, 0.717) is 10.8 Å². The van der Waals surface area contributed by atoms with Crippen LogP contribution in [0, 0.1) is 0 Å². The fourth-order valence-corrected chi connectivity index (χ4v) is 2.03. The number of hydrogen-bond donors (Lipinski definition) is 3. The first-order valence-corrected chi connectivity index (χ1v) is 5.91. The molecule has 2 rings (SSSR count). The van der Waals surface area contributed by atoms with E-state index in [1.165, 1.54) is 0 Å². The van der Waals surface area contributed by atoms with Crippen LogP contribution in [0.2, 0.25) is 0 Å². The van der Waals surface area contributed by atoms with E-state index in [1.54, 1.807) is 0 Å². The minimum Gasteiger partial charge on any atom is -0.394 e. The van der Waals surface area contributed by atoms with Gasteiger partial charge in [-0.1, -0.05) is 0 Å². The quantitative estimate of drug-likeness (QED) is 0.658. The molecule has 0 aliphatic carbocycles. The van der Waals surface area contributed by atoms with Gasteiger partial charge in [-0.3, -0.25) is 4.57 Å². The molecule has 1 aromatic rings. The fraction of sp³-hybridized carbons (Fsp3) is 0.455. The number of rotatable bonds is 2. The SMILES string of the molecule is Nc1nc(=O)n(C2OC(CO)C(O)C2=CF)cc1C(F)(F)F. The number of hydrogen-bond acceptors (Lipinski definition) is 6. The molecule has 0 aromatic carbocycles. The largest absolute Gasteiger partial charge is 0.421 e. The molecule has 0 bridgehead atoms. The second-order valence-electron chi connectivity index (χ2n) is 4.49. The second kappa shape index (κ2) is 5.66. The first kappa shape index (κ1) is 16.4. The van der Waals surface area contributed by atoms with Crippen LogP contribution in [0.3, 0.4) is 0 Å². The Morgan fingerprint density at radius 3 is 2.64 bits per heavy atom. The number of nitrogens with two attached hydrogens (primary N) is 1. The standard InChI is InChI=1S/C11H11F4N3O4/c12-1-4-7(20)6(3-19)22-9(4)18-2-5(11(13,14)15)8(16)17-10(18)21/h1-2,6-7,9,19-20H,3H2,(H2,16,17,21). The fourth-order valence-electron chi connectivity index (χ4n) is 2.03. The van der Waals surface area contributed by atoms with Gasteiger partial charge in [0, 0.05) is 11.8 Å². The van der Waals surface area contributed by atoms with Gasteiger partial charge in [0.1, 0.15) is 23.6 Å². The predicted molar refractivity (Wildman–Crippen MR) is 64.1 cm³/mol. The van der Waals surface area contributed by atoms with Crippen molar-refractivity contribution in [2.75, 3.05) is 12.3 Å². The van der Waals surface area contributed by atoms with Crippen LogP contribution < -0.4 is 11.4 Å². The van der Waals surface area contributed by atoms with Crippen molar-refractivity contribution in [2.24, 2.45) is 0 Å². The zero-order chi connectivity index (χ0) is 16.7. The van der Waals surface area contributed by atoms with Gasteiger partial charge in [-0.15, -0.1) is 0 Å². The molecule has 1 aromatic heterocycles. The summed E-state index contributed by atoms with van der Waals surface area (Å²) in [4.78, 5) is 14.7. The Bertz CT molecular complexity index is 658. The van der Waals surface area contributed by atoms with Gasteiger partial charge >= 0.3 is 11.9 Å². The Morgan fingerprint density at radius 2 is 2.14 bits per heavy atom. The number of aromatic nitrogens is 2. The first-order chi connectivity index (χ1) is 10.2. The highest BCUT2D eigenvalue weighted by atomic mass is 19.4. The number of halogens is 4. The highest BCUT2D eigenvalue weighted by Gasteiger charge is 2.42. The van der Waals surface area contributed by atoms with Crippen molar-refractivity contribution >= 4 is 5.82 Å². The molecule has 0 radical (unpaired) electrons. The number of aliphatic hydroxyl groups excluding tert-OH is 2. The summed E-state index contributed by atoms with van der Waals surface area (Å²) < 4.78 is 56.6. The minimum absolute atomic E-state index is 0.0962. The van der Waals surface area contributed by atoms with Crippen LogP contribution in [0.5, 0.6) is 0 Å². The number of nitrogens with zero attached hydrogens (tertiary/aromatic N) is 2. The Labute approximate surface area is 120 Å². The maximum absolute atomic E-state index is 12.9. The topological polar surface area (TPSA) is 111 Å². The molecular formula is C11H11F4N3O4. The van der Waals surface area contributed by atoms with Crippen molar-refractivity contribution in [3.05, 3.63) is 34.1 Å². The van der Waals surface area contributed by atoms with Crippen molar-refractivity contribution in [1.82, 2.24) is 9.55 Å². The van der Waals surface area contributed by atoms with Crippen molar-refractivity contribution in [3.63, 3.8) is 0 Å². The van der Waals surface area contributed by atoms with Crippen molar-refractivity contribution in [2.45, 2.75) is 24.6 Å². The van der Waals surface area contributed by atoms with Gasteiger partial charge in [-0.2, -0.15) is 18.2 Å². The zero-order valence-corrected chi connectivity index (χ0v) is 10.8. The van der Waals surface area contributed by atoms with Crippen molar-refractivity contribution in [1.29, 1.82) is 0 Å². The van der Waals surface area contributed by atoms with Gasteiger partial charge in [0.05, 0.1) is 12.9 Å². The third-order valence-electron chi connectivity index (χ3n) is 3.13. The lowest BCUT2D eigenvalue weighted by molar-refractivity contribution is -0.138. The van der Waals surface area contributed by atoms with E-state index < -0.39 is 53.9 Å². The molecule has 0 amide bonds. The molecule has 122 valence electrons. The van der Waals surface area contributed by atoms with Crippen LogP contribution in [-0.2, 0) is 10.9 Å². The number of alkyl halides is 3. The minimum atomic E-state index is -4.89. The van der Waals surface area contributed by atoms with Crippen LogP contribution in [0.1, 0.15) is 11.8 Å². The van der Waals surface area contributed by atoms with Crippen LogP contribution in [0.15, 0.2) is 22.9 Å². The number of ether oxygens (including phenoxy) is 1. The molecule has 1 saturated heterocycles. The van der Waals surface area contributed by atoms with Crippen LogP contribution in [0.4, 0.5) is 23.4 Å². The van der Waals surface area contributed by atoms with E-state index in [9.17, 15) is 27.5 Å². The third-order valence-corrected chi connectivity index (χ3v) is 3.13. The summed E-state index contributed by atoms with van der Waals surface area (Å²) in [6, 6.07) is 0. The number of aliphatic hydroxyl groups is 2. The normalized spacial score (nSPS) is 27.5. The van der Waals surface area contributed by atoms with Crippen molar-refractivity contribution < 1.29 is 32.5 Å². The molecule has 22 heavy (non-hydrogen) atoms. The lowest BCUT2D eigenvalue weighted by Crippen LogP contribution is -2.31. The highest BCUT2D eigenvalue weighted by molar-refractivity contribution is 5.39. The van der Waals surface area contributed by atoms with E-state index >= 15 is 0 Å². The van der Waals surface area contributed by atoms with Crippen LogP contribution in [0.25, 0.3) is 0 Å². The van der Waals surface area contributed by atoms with Crippen LogP contribution in [-0.4, -0.2) is 38.6 Å². The van der Waals surface area contributed by atoms with E-state index in [-0.39, 0.29) is 6.33 Å². The molecule has 1 aliphatic heterocycles. The first-order valence-electron chi connectivity index (χ1n) is 5.91. The smallest absolute Gasteiger partial charge is 0.394 e. The molecule has 4 N–H and O–H groups in total. The Balaban J connectivity index is 2.56. The molecule has 0 saturated carbocycles. The van der Waals surface area contributed by atoms with E-state index in [0.717, 1.165) is 0 Å². The molecule has 3 atom stereocenters. The van der Waals surface area contributed by atoms with Crippen LogP contribution >= 0.6 is 0 Å². The molecule has 2 heterocycles. The summed E-state index contributed by atoms with van der Waals surface area (Å²) in [6.07, 6.45) is -9.23. The lowest BCUT2D eigenvalue weighted by Gasteiger charge is -2.17. The number of anilines is 1. The lowest BCUT2D eigenvalue weighted by atomic mass is 10.1. The Morgan fingerprint density at radius 1 is 1.50 bits per heavy atom. The van der Waals surface area contributed by atoms with Gasteiger partial charge in [0.2, 0.25) is 0 Å². The Kier molecular flexibility index (Phi) is 4.22. The molecule has 0 spiro atoms. The third kappa shape index (κ3) is 2.69. The molecule has 11 heteroatoms. The average Bonchev–Trinajstić information content (AvgIpc) is 2.73. The summed E-state index contributed by atoms with van der Waals surface area (Å²) in [5.41, 5.74) is 1.92. The van der Waals surface area contributed by atoms with Gasteiger partial charge in [-0.25, -0.2) is 9.18 Å². The molecular weight excluding hydrogens is 314 g/mol. The summed E-state index contributed by atoms with van der Waals surface area (Å²) >= 11 is 0. The van der Waals surface area contributed by atoms with E-state index in [2.05, 4.69) is 4.98 Å². The summed E-state index contributed by atoms with van der Waals surface area (Å²) in [5, 5.41) is 18.7. The van der Waals surface area contributed by atoms with Gasteiger partial charge in [-0.05, 0) is 0 Å². The van der Waals surface area contributed by atoms with E-state index in [1.807, 2.05) is 0 Å². The summed E-state index contributed by atoms with van der Waals surface area (Å²) in [6.45, 7) is -0.724. The summed E-state index contributed by atoms with van der Waals surface area (Å²) in [7, 11) is 0. The highest BCUT2D eigenvalue weighted by Crippen LogP contribution is 2.36. The van der Waals surface area contributed by atoms with Gasteiger partial charge in [0.25, 0.3) is 0 Å². The number of nitrogen functional groups attached to an aromatic ring is 1. The average molecular weight is 325 g/mol. The molecule has 3 unspecified atom stereocenters. The maximum Gasteiger partial charge on any atom is 0.421 e. The van der Waals surface area contributed by atoms with Gasteiger partial charge in [0.15, 0.2) is 6.23 Å². The maximum atomic E-state index is 12.9. The van der Waals surface area contributed by atoms with Gasteiger partial charge < -0.3 is 20.7 Å². The summed E-state index contributed by atoms with van der Waals surface area (Å²) in [5.74, 6) is -1.03. The molecule has 1 aliphatic rings.